The van der Waals surface area contributed by atoms with Gasteiger partial charge in [-0.05, 0) is 12.5 Å². The minimum absolute atomic E-state index is 0.219. The van der Waals surface area contributed by atoms with Crippen molar-refractivity contribution in [1.82, 2.24) is 5.32 Å². The summed E-state index contributed by atoms with van der Waals surface area (Å²) in [7, 11) is 0. The lowest BCUT2D eigenvalue weighted by Crippen LogP contribution is -2.71. The number of ether oxygens (including phenoxy) is 1. The van der Waals surface area contributed by atoms with Crippen molar-refractivity contribution in [3.05, 3.63) is 35.9 Å². The van der Waals surface area contributed by atoms with Crippen molar-refractivity contribution in [3.63, 3.8) is 0 Å². The van der Waals surface area contributed by atoms with E-state index in [1.54, 1.807) is 0 Å². The van der Waals surface area contributed by atoms with Gasteiger partial charge in [0.15, 0.2) is 0 Å². The molecule has 0 aromatic heterocycles. The van der Waals surface area contributed by atoms with Gasteiger partial charge in [-0.3, -0.25) is 0 Å². The fourth-order valence-corrected chi connectivity index (χ4v) is 3.25. The zero-order valence-electron chi connectivity index (χ0n) is 8.10. The molecule has 2 nitrogen and oxygen atoms in total. The summed E-state index contributed by atoms with van der Waals surface area (Å²) >= 11 is 0. The molecular formula is C12H13NO. The largest absolute Gasteiger partial charge is 0.364 e. The topological polar surface area (TPSA) is 24.6 Å². The zero-order chi connectivity index (χ0) is 9.34. The molecule has 0 radical (unpaired) electrons. The summed E-state index contributed by atoms with van der Waals surface area (Å²) in [4.78, 5) is 0. The number of fused-ring (bicyclic) bond motifs is 4. The standard InChI is InChI=1S/C12H13NO/c1-12-8-9(7-5-3-2-4-6-7)13-10(8)11(12)14-12/h2-6,8-11,13H,1H3/t8-,9+,10+,11-,12+/m1/s1. The molecule has 0 spiro atoms. The molecule has 2 heterocycles. The second-order valence-electron chi connectivity index (χ2n) is 4.83. The first-order chi connectivity index (χ1) is 6.81. The van der Waals surface area contributed by atoms with Gasteiger partial charge < -0.3 is 10.1 Å². The Labute approximate surface area is 83.3 Å². The molecule has 3 fully saturated rings. The van der Waals surface area contributed by atoms with Crippen molar-refractivity contribution in [1.29, 1.82) is 0 Å². The van der Waals surface area contributed by atoms with Gasteiger partial charge in [-0.15, -0.1) is 0 Å². The molecule has 0 unspecified atom stereocenters. The maximum absolute atomic E-state index is 5.69. The summed E-state index contributed by atoms with van der Waals surface area (Å²) in [5.74, 6) is 0.718. The Bertz CT molecular complexity index is 391. The van der Waals surface area contributed by atoms with Crippen LogP contribution >= 0.6 is 0 Å². The van der Waals surface area contributed by atoms with E-state index in [2.05, 4.69) is 42.6 Å². The van der Waals surface area contributed by atoms with E-state index in [4.69, 9.17) is 4.74 Å². The summed E-state index contributed by atoms with van der Waals surface area (Å²) in [5.41, 5.74) is 1.63. The SMILES string of the molecule is C[C@@]12O[C@@H]1[C@H]1N[C@@H](c3ccccc3)[C@H]12. The number of nitrogens with one attached hydrogen (secondary N) is 1. The predicted octanol–water partition coefficient (Wildman–Crippen LogP) is 1.49. The Hall–Kier alpha value is -0.860. The van der Waals surface area contributed by atoms with Crippen LogP contribution in [0.25, 0.3) is 0 Å². The summed E-state index contributed by atoms with van der Waals surface area (Å²) in [6.45, 7) is 2.25. The maximum Gasteiger partial charge on any atom is 0.103 e. The van der Waals surface area contributed by atoms with Crippen LogP contribution in [0, 0.1) is 5.92 Å². The molecule has 0 bridgehead atoms. The van der Waals surface area contributed by atoms with Gasteiger partial charge in [0.1, 0.15) is 6.10 Å². The highest BCUT2D eigenvalue weighted by Gasteiger charge is 2.80. The van der Waals surface area contributed by atoms with Crippen LogP contribution in [-0.4, -0.2) is 17.7 Å². The van der Waals surface area contributed by atoms with Gasteiger partial charge in [0.25, 0.3) is 0 Å². The predicted molar refractivity (Wildman–Crippen MR) is 52.9 cm³/mol. The van der Waals surface area contributed by atoms with E-state index in [-0.39, 0.29) is 5.60 Å². The average Bonchev–Trinajstić information content (AvgIpc) is 2.72. The smallest absolute Gasteiger partial charge is 0.103 e. The van der Waals surface area contributed by atoms with Crippen LogP contribution in [0.5, 0.6) is 0 Å². The monoisotopic (exact) mass is 187 g/mol. The lowest BCUT2D eigenvalue weighted by molar-refractivity contribution is 0.0353. The van der Waals surface area contributed by atoms with Crippen LogP contribution in [0.4, 0.5) is 0 Å². The first kappa shape index (κ1) is 7.43. The second kappa shape index (κ2) is 2.05. The molecule has 1 N–H and O–H groups in total. The Kier molecular flexibility index (Phi) is 1.09. The zero-order valence-corrected chi connectivity index (χ0v) is 8.10. The van der Waals surface area contributed by atoms with E-state index in [1.165, 1.54) is 5.56 Å². The van der Waals surface area contributed by atoms with Crippen molar-refractivity contribution >= 4 is 0 Å². The Morgan fingerprint density at radius 3 is 2.79 bits per heavy atom. The molecule has 1 aliphatic carbocycles. The van der Waals surface area contributed by atoms with E-state index < -0.39 is 0 Å². The third-order valence-corrected chi connectivity index (χ3v) is 4.15. The molecule has 5 atom stereocenters. The van der Waals surface area contributed by atoms with E-state index in [1.807, 2.05) is 0 Å². The van der Waals surface area contributed by atoms with E-state index in [0.717, 1.165) is 5.92 Å². The molecule has 0 amide bonds. The molecule has 72 valence electrons. The van der Waals surface area contributed by atoms with Gasteiger partial charge in [-0.25, -0.2) is 0 Å². The molecular weight excluding hydrogens is 174 g/mol. The van der Waals surface area contributed by atoms with E-state index >= 15 is 0 Å². The second-order valence-corrected chi connectivity index (χ2v) is 4.83. The van der Waals surface area contributed by atoms with Gasteiger partial charge in [0.05, 0.1) is 5.60 Å². The highest BCUT2D eigenvalue weighted by Crippen LogP contribution is 2.66. The number of epoxide rings is 1. The third-order valence-electron chi connectivity index (χ3n) is 4.15. The molecule has 3 aliphatic rings. The lowest BCUT2D eigenvalue weighted by Gasteiger charge is -2.54. The molecule has 1 aromatic rings. The van der Waals surface area contributed by atoms with Crippen molar-refractivity contribution in [2.45, 2.75) is 30.7 Å². The van der Waals surface area contributed by atoms with E-state index in [9.17, 15) is 0 Å². The molecule has 1 aromatic carbocycles. The summed E-state index contributed by atoms with van der Waals surface area (Å²) in [5, 5.41) is 3.59. The van der Waals surface area contributed by atoms with Crippen LogP contribution in [-0.2, 0) is 4.74 Å². The Morgan fingerprint density at radius 2 is 2.07 bits per heavy atom. The quantitative estimate of drug-likeness (QED) is 0.674. The van der Waals surface area contributed by atoms with Gasteiger partial charge in [-0.2, -0.15) is 0 Å². The van der Waals surface area contributed by atoms with Gasteiger partial charge >= 0.3 is 0 Å². The summed E-state index contributed by atoms with van der Waals surface area (Å²) in [6.07, 6.45) is 0.521. The fourth-order valence-electron chi connectivity index (χ4n) is 3.25. The van der Waals surface area contributed by atoms with Crippen molar-refractivity contribution in [2.24, 2.45) is 5.92 Å². The minimum atomic E-state index is 0.219. The summed E-state index contributed by atoms with van der Waals surface area (Å²) < 4.78 is 5.69. The molecule has 2 heteroatoms. The average molecular weight is 187 g/mol. The third kappa shape index (κ3) is 0.645. The lowest BCUT2D eigenvalue weighted by atomic mass is 9.59. The van der Waals surface area contributed by atoms with E-state index in [0.29, 0.717) is 18.2 Å². The van der Waals surface area contributed by atoms with Crippen molar-refractivity contribution < 1.29 is 4.74 Å². The molecule has 2 aliphatic heterocycles. The molecule has 1 saturated carbocycles. The van der Waals surface area contributed by atoms with Gasteiger partial charge in [0.2, 0.25) is 0 Å². The number of piperidine rings is 1. The number of rotatable bonds is 1. The maximum atomic E-state index is 5.69. The first-order valence-electron chi connectivity index (χ1n) is 5.29. The number of hydrogen-bond acceptors (Lipinski definition) is 2. The van der Waals surface area contributed by atoms with Crippen LogP contribution in [0.3, 0.4) is 0 Å². The fraction of sp³-hybridized carbons (Fsp3) is 0.500. The van der Waals surface area contributed by atoms with Crippen molar-refractivity contribution in [2.75, 3.05) is 0 Å². The Morgan fingerprint density at radius 1 is 1.29 bits per heavy atom. The van der Waals surface area contributed by atoms with Gasteiger partial charge in [0, 0.05) is 18.0 Å². The molecule has 4 rings (SSSR count). The normalized spacial score (nSPS) is 52.4. The van der Waals surface area contributed by atoms with Gasteiger partial charge in [-0.1, -0.05) is 30.3 Å². The van der Waals surface area contributed by atoms with Crippen LogP contribution in [0.15, 0.2) is 30.3 Å². The molecule has 14 heavy (non-hydrogen) atoms. The van der Waals surface area contributed by atoms with Crippen LogP contribution < -0.4 is 5.32 Å². The molecule has 2 saturated heterocycles. The number of hydrogen-bond donors (Lipinski definition) is 1. The first-order valence-corrected chi connectivity index (χ1v) is 5.29. The highest BCUT2D eigenvalue weighted by atomic mass is 16.6. The van der Waals surface area contributed by atoms with Crippen LogP contribution in [0.2, 0.25) is 0 Å². The number of benzene rings is 1. The van der Waals surface area contributed by atoms with Crippen molar-refractivity contribution in [3.8, 4) is 0 Å². The minimum Gasteiger partial charge on any atom is -0.364 e. The highest BCUT2D eigenvalue weighted by molar-refractivity contribution is 5.37. The Balaban J connectivity index is 1.65. The van der Waals surface area contributed by atoms with Crippen LogP contribution in [0.1, 0.15) is 18.5 Å². The summed E-state index contributed by atoms with van der Waals surface area (Å²) in [6, 6.07) is 11.9.